The number of esters is 1. The van der Waals surface area contributed by atoms with E-state index in [1.165, 1.54) is 7.11 Å². The summed E-state index contributed by atoms with van der Waals surface area (Å²) in [4.78, 5) is 25.6. The molecule has 2 aliphatic rings. The van der Waals surface area contributed by atoms with Gasteiger partial charge < -0.3 is 14.4 Å². The average Bonchev–Trinajstić information content (AvgIpc) is 2.56. The number of hydrogen-bond donors (Lipinski definition) is 0. The molecule has 102 valence electrons. The second-order valence-electron chi connectivity index (χ2n) is 4.68. The lowest BCUT2D eigenvalue weighted by Crippen LogP contribution is -2.68. The number of ether oxygens (including phenoxy) is 2. The number of thioether (sulfide) groups is 1. The van der Waals surface area contributed by atoms with Gasteiger partial charge in [0.15, 0.2) is 10.0 Å². The predicted octanol–water partition coefficient (Wildman–Crippen LogP) is 1.68. The second-order valence-corrected chi connectivity index (χ2v) is 9.98. The molecule has 0 aromatic heterocycles. The van der Waals surface area contributed by atoms with Crippen LogP contribution in [0.1, 0.15) is 13.8 Å². The maximum atomic E-state index is 12.0. The summed E-state index contributed by atoms with van der Waals surface area (Å²) in [6.07, 6.45) is 0. The summed E-state index contributed by atoms with van der Waals surface area (Å²) in [7, 11) is 1.45. The number of rotatable bonds is 3. The minimum atomic E-state index is -0.766. The number of β-lactam (4-membered cyclic amide) rings is 1. The van der Waals surface area contributed by atoms with Gasteiger partial charge in [0.25, 0.3) is 5.91 Å². The van der Waals surface area contributed by atoms with Gasteiger partial charge in [-0.3, -0.25) is 4.79 Å². The Bertz CT molecular complexity index is 401. The van der Waals surface area contributed by atoms with Crippen molar-refractivity contribution in [3.63, 3.8) is 0 Å². The van der Waals surface area contributed by atoms with Gasteiger partial charge >= 0.3 is 5.97 Å². The maximum absolute atomic E-state index is 12.0. The van der Waals surface area contributed by atoms with Crippen molar-refractivity contribution in [2.24, 2.45) is 0 Å². The molecule has 5 nitrogen and oxygen atoms in total. The highest BCUT2D eigenvalue weighted by Gasteiger charge is 2.70. The van der Waals surface area contributed by atoms with E-state index < -0.39 is 20.0 Å². The number of amides is 1. The Morgan fingerprint density at radius 1 is 1.50 bits per heavy atom. The Balaban J connectivity index is 2.20. The van der Waals surface area contributed by atoms with Crippen LogP contribution in [0, 0.1) is 0 Å². The molecule has 0 saturated carbocycles. The molecule has 0 bridgehead atoms. The van der Waals surface area contributed by atoms with E-state index in [9.17, 15) is 9.59 Å². The summed E-state index contributed by atoms with van der Waals surface area (Å²) in [6.45, 7) is 3.76. The number of methoxy groups -OCH3 is 1. The summed E-state index contributed by atoms with van der Waals surface area (Å²) in [6, 6.07) is -0.585. The fourth-order valence-corrected chi connectivity index (χ4v) is 5.06. The van der Waals surface area contributed by atoms with Crippen LogP contribution < -0.4 is 0 Å². The Morgan fingerprint density at radius 2 is 2.11 bits per heavy atom. The van der Waals surface area contributed by atoms with Gasteiger partial charge in [-0.2, -0.15) is 0 Å². The first-order valence-electron chi connectivity index (χ1n) is 5.27. The van der Waals surface area contributed by atoms with Gasteiger partial charge in [-0.15, -0.1) is 11.8 Å². The lowest BCUT2D eigenvalue weighted by molar-refractivity contribution is -0.168. The number of alkyl halides is 2. The third-order valence-electron chi connectivity index (χ3n) is 2.98. The second kappa shape index (κ2) is 4.64. The molecule has 0 unspecified atom stereocenters. The Kier molecular flexibility index (Phi) is 3.77. The largest absolute Gasteiger partial charge is 0.437 e. The topological polar surface area (TPSA) is 55.8 Å². The number of halogens is 2. The van der Waals surface area contributed by atoms with Crippen molar-refractivity contribution in [2.75, 3.05) is 13.9 Å². The quantitative estimate of drug-likeness (QED) is 0.311. The van der Waals surface area contributed by atoms with Crippen molar-refractivity contribution in [1.82, 2.24) is 4.90 Å². The monoisotopic (exact) mass is 401 g/mol. The lowest BCUT2D eigenvalue weighted by Gasteiger charge is -2.46. The van der Waals surface area contributed by atoms with Crippen LogP contribution >= 0.6 is 43.6 Å². The van der Waals surface area contributed by atoms with Crippen molar-refractivity contribution in [2.45, 2.75) is 33.2 Å². The van der Waals surface area contributed by atoms with Crippen LogP contribution in [0.2, 0.25) is 0 Å². The Labute approximate surface area is 126 Å². The highest BCUT2D eigenvalue weighted by atomic mass is 79.9. The predicted molar refractivity (Wildman–Crippen MR) is 74.6 cm³/mol. The van der Waals surface area contributed by atoms with Crippen LogP contribution in [0.3, 0.4) is 0 Å². The zero-order chi connectivity index (χ0) is 13.7. The molecule has 0 aromatic rings. The van der Waals surface area contributed by atoms with Gasteiger partial charge in [-0.05, 0) is 13.8 Å². The zero-order valence-electron chi connectivity index (χ0n) is 10.1. The van der Waals surface area contributed by atoms with Crippen molar-refractivity contribution >= 4 is 55.5 Å². The van der Waals surface area contributed by atoms with Crippen molar-refractivity contribution < 1.29 is 19.1 Å². The van der Waals surface area contributed by atoms with Crippen LogP contribution in [0.25, 0.3) is 0 Å². The summed E-state index contributed by atoms with van der Waals surface area (Å²) < 4.78 is 8.54. The van der Waals surface area contributed by atoms with Crippen molar-refractivity contribution in [3.05, 3.63) is 0 Å². The summed E-state index contributed by atoms with van der Waals surface area (Å²) in [5.41, 5.74) is 0. The molecule has 18 heavy (non-hydrogen) atoms. The molecule has 2 rings (SSSR count). The van der Waals surface area contributed by atoms with Gasteiger partial charge in [-0.25, -0.2) is 4.79 Å². The van der Waals surface area contributed by atoms with E-state index in [0.717, 1.165) is 0 Å². The maximum Gasteiger partial charge on any atom is 0.332 e. The van der Waals surface area contributed by atoms with Crippen LogP contribution in [0.5, 0.6) is 0 Å². The highest BCUT2D eigenvalue weighted by Crippen LogP contribution is 2.60. The van der Waals surface area contributed by atoms with E-state index in [4.69, 9.17) is 9.47 Å². The number of nitrogens with zero attached hydrogens (tertiary/aromatic N) is 1. The smallest absolute Gasteiger partial charge is 0.332 e. The minimum absolute atomic E-state index is 0.101. The zero-order valence-corrected chi connectivity index (χ0v) is 14.1. The fourth-order valence-electron chi connectivity index (χ4n) is 2.16. The van der Waals surface area contributed by atoms with Crippen LogP contribution in [0.4, 0.5) is 0 Å². The number of carbonyl (C=O) groups excluding carboxylic acids is 2. The van der Waals surface area contributed by atoms with Crippen molar-refractivity contribution in [3.8, 4) is 0 Å². The number of hydrogen-bond acceptors (Lipinski definition) is 5. The van der Waals surface area contributed by atoms with E-state index in [-0.39, 0.29) is 18.1 Å². The van der Waals surface area contributed by atoms with Crippen LogP contribution in [-0.2, 0) is 19.1 Å². The molecule has 2 aliphatic heterocycles. The number of carbonyl (C=O) groups is 2. The lowest BCUT2D eigenvalue weighted by atomic mass is 9.98. The SMILES string of the molecule is COCOC(=O)[C@@H]1N2C(=O)C(Br)(Br)[C@H]2SC1(C)C. The van der Waals surface area contributed by atoms with Crippen LogP contribution in [-0.4, -0.2) is 50.1 Å². The van der Waals surface area contributed by atoms with E-state index in [1.54, 1.807) is 16.7 Å². The van der Waals surface area contributed by atoms with Gasteiger partial charge in [0.05, 0.1) is 0 Å². The summed E-state index contributed by atoms with van der Waals surface area (Å²) >= 11 is 8.26. The Hall–Kier alpha value is 0.210. The first-order chi connectivity index (χ1) is 8.23. The highest BCUT2D eigenvalue weighted by molar-refractivity contribution is 9.26. The van der Waals surface area contributed by atoms with Gasteiger partial charge in [-0.1, -0.05) is 31.9 Å². The molecule has 2 saturated heterocycles. The first kappa shape index (κ1) is 14.6. The fraction of sp³-hybridized carbons (Fsp3) is 0.800. The molecule has 0 aliphatic carbocycles. The molecule has 8 heteroatoms. The third-order valence-corrected chi connectivity index (χ3v) is 6.76. The van der Waals surface area contributed by atoms with Crippen LogP contribution in [0.15, 0.2) is 0 Å². The third kappa shape index (κ3) is 2.01. The van der Waals surface area contributed by atoms with E-state index in [0.29, 0.717) is 0 Å². The van der Waals surface area contributed by atoms with E-state index in [1.807, 2.05) is 13.8 Å². The molecular weight excluding hydrogens is 390 g/mol. The molecule has 2 heterocycles. The average molecular weight is 403 g/mol. The number of fused-ring (bicyclic) bond motifs is 1. The standard InChI is InChI=1S/C10H13Br2NO4S/c1-9(2)5(6(14)17-4-16-3)13-7(15)10(11,12)8(13)18-9/h5,8H,4H2,1-3H3/t5-,8+/m0/s1. The normalized spacial score (nSPS) is 31.8. The molecule has 0 N–H and O–H groups in total. The Morgan fingerprint density at radius 3 is 2.67 bits per heavy atom. The molecule has 2 fully saturated rings. The van der Waals surface area contributed by atoms with Gasteiger partial charge in [0, 0.05) is 11.9 Å². The molecule has 2 atom stereocenters. The van der Waals surface area contributed by atoms with Gasteiger partial charge in [0.2, 0.25) is 0 Å². The molecule has 0 radical (unpaired) electrons. The molecule has 0 spiro atoms. The van der Waals surface area contributed by atoms with E-state index in [2.05, 4.69) is 31.9 Å². The van der Waals surface area contributed by atoms with Gasteiger partial charge in [0.1, 0.15) is 11.4 Å². The van der Waals surface area contributed by atoms with Crippen molar-refractivity contribution in [1.29, 1.82) is 0 Å². The molecule has 1 amide bonds. The summed E-state index contributed by atoms with van der Waals surface area (Å²) in [5, 5.41) is -0.111. The van der Waals surface area contributed by atoms with E-state index >= 15 is 0 Å². The molecular formula is C10H13Br2NO4S. The minimum Gasteiger partial charge on any atom is -0.437 e. The first-order valence-corrected chi connectivity index (χ1v) is 7.74. The summed E-state index contributed by atoms with van der Waals surface area (Å²) in [5.74, 6) is -0.578. The molecule has 0 aromatic carbocycles.